The predicted molar refractivity (Wildman–Crippen MR) is 72.0 cm³/mol. The lowest BCUT2D eigenvalue weighted by Gasteiger charge is -1.95. The Hall–Kier alpha value is 0.130. The topological polar surface area (TPSA) is 23.8 Å². The molecule has 64 valence electrons. The molecule has 0 bridgehead atoms. The highest BCUT2D eigenvalue weighted by molar-refractivity contribution is 14.1. The largest absolute Gasteiger partial charge is 0.192 e. The molecule has 0 unspecified atom stereocenters. The van der Waals surface area contributed by atoms with Gasteiger partial charge in [0.2, 0.25) is 0 Å². The predicted octanol–water partition coefficient (Wildman–Crippen LogP) is 3.98. The Balaban J connectivity index is 2.87. The normalized spacial score (nSPS) is 10.2. The lowest BCUT2D eigenvalue weighted by molar-refractivity contribution is 1.49. The number of hydrogen-bond acceptors (Lipinski definition) is 2. The number of nitrogens with zero attached hydrogens (tertiary/aromatic N) is 1. The Bertz CT molecular complexity index is 510. The van der Waals surface area contributed by atoms with Gasteiger partial charge in [0, 0.05) is 13.7 Å². The van der Waals surface area contributed by atoms with Gasteiger partial charge in [-0.1, -0.05) is 0 Å². The SMILES string of the molecule is N#Cc1ccc2sc(I)cc2c1I. The molecular weight excluding hydrogens is 408 g/mol. The molecule has 1 heterocycles. The summed E-state index contributed by atoms with van der Waals surface area (Å²) in [6.07, 6.45) is 0. The minimum atomic E-state index is 0.766. The molecule has 2 rings (SSSR count). The van der Waals surface area contributed by atoms with E-state index in [9.17, 15) is 0 Å². The van der Waals surface area contributed by atoms with Crippen LogP contribution in [0.2, 0.25) is 0 Å². The minimum Gasteiger partial charge on any atom is -0.192 e. The summed E-state index contributed by atoms with van der Waals surface area (Å²) in [5.74, 6) is 0. The maximum Gasteiger partial charge on any atom is 0.100 e. The molecule has 0 N–H and O–H groups in total. The quantitative estimate of drug-likeness (QED) is 0.602. The maximum atomic E-state index is 8.83. The van der Waals surface area contributed by atoms with Gasteiger partial charge in [0.1, 0.15) is 6.07 Å². The van der Waals surface area contributed by atoms with E-state index in [0.717, 1.165) is 9.13 Å². The summed E-state index contributed by atoms with van der Waals surface area (Å²) >= 11 is 6.30. The third-order valence-corrected chi connectivity index (χ3v) is 4.75. The van der Waals surface area contributed by atoms with Gasteiger partial charge in [0.15, 0.2) is 0 Å². The van der Waals surface area contributed by atoms with Crippen molar-refractivity contribution >= 4 is 66.6 Å². The van der Waals surface area contributed by atoms with Crippen LogP contribution < -0.4 is 0 Å². The number of halogens is 2. The standard InChI is InChI=1S/C9H3I2NS/c10-8-3-6-7(13-8)2-1-5(4-12)9(6)11/h1-3H. The highest BCUT2D eigenvalue weighted by Crippen LogP contribution is 2.31. The van der Waals surface area contributed by atoms with Gasteiger partial charge in [0.25, 0.3) is 0 Å². The average Bonchev–Trinajstić information content (AvgIpc) is 2.47. The van der Waals surface area contributed by atoms with Crippen LogP contribution in [-0.2, 0) is 0 Å². The fourth-order valence-electron chi connectivity index (χ4n) is 1.13. The summed E-state index contributed by atoms with van der Waals surface area (Å²) in [6, 6.07) is 8.22. The van der Waals surface area contributed by atoms with Crippen LogP contribution >= 0.6 is 56.5 Å². The third-order valence-electron chi connectivity index (χ3n) is 1.73. The van der Waals surface area contributed by atoms with E-state index in [1.807, 2.05) is 12.1 Å². The second-order valence-electron chi connectivity index (χ2n) is 2.50. The van der Waals surface area contributed by atoms with Crippen LogP contribution in [0.5, 0.6) is 0 Å². The highest BCUT2D eigenvalue weighted by Gasteiger charge is 2.06. The fraction of sp³-hybridized carbons (Fsp3) is 0. The minimum absolute atomic E-state index is 0.766. The second-order valence-corrected chi connectivity index (χ2v) is 6.56. The van der Waals surface area contributed by atoms with E-state index in [0.29, 0.717) is 0 Å². The first-order valence-electron chi connectivity index (χ1n) is 3.50. The van der Waals surface area contributed by atoms with Crippen LogP contribution in [0.15, 0.2) is 18.2 Å². The van der Waals surface area contributed by atoms with Gasteiger partial charge in [-0.15, -0.1) is 11.3 Å². The van der Waals surface area contributed by atoms with Crippen LogP contribution in [0.25, 0.3) is 10.1 Å². The number of rotatable bonds is 0. The molecule has 0 spiro atoms. The van der Waals surface area contributed by atoms with Crippen LogP contribution in [0.1, 0.15) is 5.56 Å². The molecule has 0 saturated heterocycles. The number of fused-ring (bicyclic) bond motifs is 1. The van der Waals surface area contributed by atoms with Gasteiger partial charge in [-0.25, -0.2) is 0 Å². The Morgan fingerprint density at radius 2 is 2.08 bits per heavy atom. The maximum absolute atomic E-state index is 8.83. The molecule has 0 atom stereocenters. The van der Waals surface area contributed by atoms with Crippen LogP contribution in [0, 0.1) is 17.8 Å². The van der Waals surface area contributed by atoms with Gasteiger partial charge >= 0.3 is 0 Å². The second kappa shape index (κ2) is 3.71. The Morgan fingerprint density at radius 3 is 2.77 bits per heavy atom. The molecule has 0 fully saturated rings. The highest BCUT2D eigenvalue weighted by atomic mass is 127. The van der Waals surface area contributed by atoms with Crippen molar-refractivity contribution in [1.82, 2.24) is 0 Å². The average molecular weight is 411 g/mol. The molecule has 1 aromatic carbocycles. The molecule has 4 heteroatoms. The zero-order valence-corrected chi connectivity index (χ0v) is 11.5. The van der Waals surface area contributed by atoms with Crippen molar-refractivity contribution in [3.63, 3.8) is 0 Å². The lowest BCUT2D eigenvalue weighted by Crippen LogP contribution is -1.80. The Morgan fingerprint density at radius 1 is 1.31 bits per heavy atom. The van der Waals surface area contributed by atoms with Crippen LogP contribution in [0.3, 0.4) is 0 Å². The van der Waals surface area contributed by atoms with Gasteiger partial charge in [-0.05, 0) is 63.4 Å². The van der Waals surface area contributed by atoms with Crippen molar-refractivity contribution in [2.75, 3.05) is 0 Å². The zero-order valence-electron chi connectivity index (χ0n) is 6.34. The van der Waals surface area contributed by atoms with Crippen molar-refractivity contribution in [1.29, 1.82) is 5.26 Å². The first-order valence-corrected chi connectivity index (χ1v) is 6.47. The number of nitriles is 1. The van der Waals surface area contributed by atoms with E-state index >= 15 is 0 Å². The molecule has 0 amide bonds. The van der Waals surface area contributed by atoms with E-state index < -0.39 is 0 Å². The molecule has 2 aromatic rings. The summed E-state index contributed by atoms with van der Waals surface area (Å²) in [5, 5.41) is 10.0. The molecule has 0 aliphatic heterocycles. The fourth-order valence-corrected chi connectivity index (χ4v) is 3.88. The summed E-state index contributed by atoms with van der Waals surface area (Å²) in [5.41, 5.74) is 0.766. The van der Waals surface area contributed by atoms with E-state index in [1.165, 1.54) is 13.0 Å². The molecular formula is C9H3I2NS. The zero-order chi connectivity index (χ0) is 9.42. The summed E-state index contributed by atoms with van der Waals surface area (Å²) in [6.45, 7) is 0. The van der Waals surface area contributed by atoms with Crippen LogP contribution in [0.4, 0.5) is 0 Å². The summed E-state index contributed by atoms with van der Waals surface area (Å²) in [4.78, 5) is 0. The molecule has 0 radical (unpaired) electrons. The number of thiophene rings is 1. The monoisotopic (exact) mass is 411 g/mol. The first-order chi connectivity index (χ1) is 6.22. The van der Waals surface area contributed by atoms with E-state index in [2.05, 4.69) is 57.3 Å². The van der Waals surface area contributed by atoms with E-state index in [-0.39, 0.29) is 0 Å². The Kier molecular flexibility index (Phi) is 2.76. The summed E-state index contributed by atoms with van der Waals surface area (Å²) < 4.78 is 3.59. The number of hydrogen-bond donors (Lipinski definition) is 0. The third kappa shape index (κ3) is 1.69. The van der Waals surface area contributed by atoms with Gasteiger partial charge in [-0.3, -0.25) is 0 Å². The van der Waals surface area contributed by atoms with Crippen molar-refractivity contribution in [2.24, 2.45) is 0 Å². The van der Waals surface area contributed by atoms with Crippen molar-refractivity contribution < 1.29 is 0 Å². The van der Waals surface area contributed by atoms with Gasteiger partial charge < -0.3 is 0 Å². The van der Waals surface area contributed by atoms with Crippen molar-refractivity contribution in [2.45, 2.75) is 0 Å². The Labute approximate surface area is 107 Å². The smallest absolute Gasteiger partial charge is 0.100 e. The van der Waals surface area contributed by atoms with Gasteiger partial charge in [-0.2, -0.15) is 5.26 Å². The molecule has 13 heavy (non-hydrogen) atoms. The molecule has 0 aliphatic rings. The molecule has 1 aromatic heterocycles. The number of benzene rings is 1. The van der Waals surface area contributed by atoms with Crippen molar-refractivity contribution in [3.8, 4) is 6.07 Å². The molecule has 0 saturated carbocycles. The van der Waals surface area contributed by atoms with Gasteiger partial charge in [0.05, 0.1) is 8.45 Å². The van der Waals surface area contributed by atoms with Crippen LogP contribution in [-0.4, -0.2) is 0 Å². The van der Waals surface area contributed by atoms with E-state index in [4.69, 9.17) is 5.26 Å². The molecule has 0 aliphatic carbocycles. The summed E-state index contributed by atoms with van der Waals surface area (Å²) in [7, 11) is 0. The van der Waals surface area contributed by atoms with E-state index in [1.54, 1.807) is 11.3 Å². The van der Waals surface area contributed by atoms with Crippen molar-refractivity contribution in [3.05, 3.63) is 30.2 Å². The molecule has 1 nitrogen and oxygen atoms in total. The first kappa shape index (κ1) is 9.68. The lowest BCUT2D eigenvalue weighted by atomic mass is 10.2.